The highest BCUT2D eigenvalue weighted by atomic mass is 79.9. The first-order valence-electron chi connectivity index (χ1n) is 6.25. The van der Waals surface area contributed by atoms with E-state index >= 15 is 0 Å². The van der Waals surface area contributed by atoms with Crippen molar-refractivity contribution >= 4 is 21.6 Å². The number of nitrogens with zero attached hydrogens (tertiary/aromatic N) is 2. The van der Waals surface area contributed by atoms with Crippen molar-refractivity contribution in [3.63, 3.8) is 0 Å². The normalized spacial score (nSPS) is 10.8. The zero-order valence-electron chi connectivity index (χ0n) is 11.3. The summed E-state index contributed by atoms with van der Waals surface area (Å²) >= 11 is 3.32. The molecule has 1 aromatic heterocycles. The van der Waals surface area contributed by atoms with E-state index in [1.807, 2.05) is 13.8 Å². The van der Waals surface area contributed by atoms with Crippen LogP contribution in [-0.4, -0.2) is 9.55 Å². The third-order valence-electron chi connectivity index (χ3n) is 2.62. The molecule has 0 saturated heterocycles. The molecule has 1 heterocycles. The Hall–Kier alpha value is -1.82. The van der Waals surface area contributed by atoms with Crippen LogP contribution in [0.3, 0.4) is 0 Å². The Kier molecular flexibility index (Phi) is 4.44. The third kappa shape index (κ3) is 3.39. The van der Waals surface area contributed by atoms with Gasteiger partial charge in [0, 0.05) is 23.4 Å². The number of nitrogen functional groups attached to an aromatic ring is 1. The molecule has 0 spiro atoms. The number of aromatic nitrogens is 2. The highest BCUT2D eigenvalue weighted by Crippen LogP contribution is 2.27. The predicted octanol–water partition coefficient (Wildman–Crippen LogP) is 3.04. The summed E-state index contributed by atoms with van der Waals surface area (Å²) in [5.41, 5.74) is 6.03. The summed E-state index contributed by atoms with van der Waals surface area (Å²) < 4.78 is 7.96. The van der Waals surface area contributed by atoms with Crippen LogP contribution >= 0.6 is 15.9 Å². The molecule has 2 N–H and O–H groups in total. The van der Waals surface area contributed by atoms with Gasteiger partial charge in [0.05, 0.1) is 5.69 Å². The van der Waals surface area contributed by atoms with Gasteiger partial charge in [0.15, 0.2) is 5.75 Å². The van der Waals surface area contributed by atoms with Crippen molar-refractivity contribution in [3.8, 4) is 11.6 Å². The fraction of sp³-hybridized carbons (Fsp3) is 0.286. The van der Waals surface area contributed by atoms with Crippen LogP contribution in [0.2, 0.25) is 0 Å². The van der Waals surface area contributed by atoms with E-state index in [9.17, 15) is 4.79 Å². The maximum atomic E-state index is 12.2. The molecule has 5 nitrogen and oxygen atoms in total. The van der Waals surface area contributed by atoms with Crippen molar-refractivity contribution < 1.29 is 4.74 Å². The number of halogens is 1. The van der Waals surface area contributed by atoms with Crippen LogP contribution in [0.15, 0.2) is 39.9 Å². The van der Waals surface area contributed by atoms with Gasteiger partial charge in [-0.3, -0.25) is 4.79 Å². The maximum Gasteiger partial charge on any atom is 0.313 e. The minimum atomic E-state index is -0.261. The zero-order valence-corrected chi connectivity index (χ0v) is 12.9. The molecule has 2 aromatic rings. The number of anilines is 1. The number of rotatable bonds is 4. The lowest BCUT2D eigenvalue weighted by Crippen LogP contribution is -2.23. The van der Waals surface area contributed by atoms with Crippen molar-refractivity contribution in [1.82, 2.24) is 9.55 Å². The fourth-order valence-electron chi connectivity index (χ4n) is 1.75. The second-order valence-corrected chi connectivity index (χ2v) is 5.78. The van der Waals surface area contributed by atoms with E-state index < -0.39 is 0 Å². The van der Waals surface area contributed by atoms with Gasteiger partial charge in [0.1, 0.15) is 0 Å². The Bertz CT molecular complexity index is 668. The van der Waals surface area contributed by atoms with Gasteiger partial charge in [-0.25, -0.2) is 4.98 Å². The molecule has 0 aliphatic carbocycles. The van der Waals surface area contributed by atoms with E-state index in [1.165, 1.54) is 0 Å². The first-order valence-corrected chi connectivity index (χ1v) is 7.05. The molecule has 0 aliphatic heterocycles. The largest absolute Gasteiger partial charge is 0.432 e. The highest BCUT2D eigenvalue weighted by molar-refractivity contribution is 9.10. The summed E-state index contributed by atoms with van der Waals surface area (Å²) in [5, 5.41) is 0. The van der Waals surface area contributed by atoms with Crippen LogP contribution in [0.4, 0.5) is 5.69 Å². The quantitative estimate of drug-likeness (QED) is 0.870. The van der Waals surface area contributed by atoms with Crippen molar-refractivity contribution in [1.29, 1.82) is 0 Å². The van der Waals surface area contributed by atoms with Gasteiger partial charge in [-0.2, -0.15) is 0 Å². The van der Waals surface area contributed by atoms with E-state index in [4.69, 9.17) is 10.5 Å². The Morgan fingerprint density at radius 3 is 2.85 bits per heavy atom. The number of benzene rings is 1. The van der Waals surface area contributed by atoms with Gasteiger partial charge in [0.25, 0.3) is 5.88 Å². The van der Waals surface area contributed by atoms with Gasteiger partial charge < -0.3 is 15.0 Å². The molecule has 1 aromatic carbocycles. The van der Waals surface area contributed by atoms with Gasteiger partial charge in [-0.1, -0.05) is 29.8 Å². The lowest BCUT2D eigenvalue weighted by molar-refractivity contribution is 0.434. The molecule has 0 amide bonds. The van der Waals surface area contributed by atoms with Crippen LogP contribution in [-0.2, 0) is 6.54 Å². The number of nitrogens with two attached hydrogens (primary N) is 1. The summed E-state index contributed by atoms with van der Waals surface area (Å²) in [6, 6.07) is 5.20. The van der Waals surface area contributed by atoms with Crippen LogP contribution < -0.4 is 16.0 Å². The molecule has 6 heteroatoms. The van der Waals surface area contributed by atoms with Crippen molar-refractivity contribution in [3.05, 3.63) is 45.4 Å². The van der Waals surface area contributed by atoms with E-state index in [1.54, 1.807) is 35.2 Å². The average Bonchev–Trinajstić information content (AvgIpc) is 2.36. The molecule has 0 aliphatic rings. The Morgan fingerprint density at radius 2 is 2.20 bits per heavy atom. The van der Waals surface area contributed by atoms with E-state index in [-0.39, 0.29) is 11.4 Å². The molecule has 0 saturated carbocycles. The topological polar surface area (TPSA) is 70.1 Å². The van der Waals surface area contributed by atoms with Crippen molar-refractivity contribution in [2.45, 2.75) is 20.4 Å². The number of hydrogen-bond acceptors (Lipinski definition) is 4. The first-order chi connectivity index (χ1) is 9.47. The molecule has 0 atom stereocenters. The number of hydrogen-bond donors (Lipinski definition) is 1. The Labute approximate surface area is 125 Å². The number of ether oxygens (including phenoxy) is 1. The van der Waals surface area contributed by atoms with E-state index in [0.29, 0.717) is 23.9 Å². The lowest BCUT2D eigenvalue weighted by Gasteiger charge is -2.11. The zero-order chi connectivity index (χ0) is 14.7. The molecule has 20 heavy (non-hydrogen) atoms. The van der Waals surface area contributed by atoms with Crippen LogP contribution in [0, 0.1) is 5.92 Å². The second-order valence-electron chi connectivity index (χ2n) is 4.87. The maximum absolute atomic E-state index is 12.2. The molecule has 0 radical (unpaired) electrons. The van der Waals surface area contributed by atoms with E-state index in [0.717, 1.165) is 4.47 Å². The van der Waals surface area contributed by atoms with Crippen molar-refractivity contribution in [2.75, 3.05) is 5.73 Å². The second kappa shape index (κ2) is 6.09. The van der Waals surface area contributed by atoms with Crippen LogP contribution in [0.5, 0.6) is 11.6 Å². The SMILES string of the molecule is CC(C)Cn1ccnc(Oc2ccc(Br)cc2N)c1=O. The fourth-order valence-corrected chi connectivity index (χ4v) is 2.13. The molecule has 106 valence electrons. The minimum absolute atomic E-state index is 0.0298. The Morgan fingerprint density at radius 1 is 1.45 bits per heavy atom. The van der Waals surface area contributed by atoms with Gasteiger partial charge >= 0.3 is 5.56 Å². The molecule has 0 unspecified atom stereocenters. The molecular formula is C14H16BrN3O2. The Balaban J connectivity index is 2.32. The molecule has 0 fully saturated rings. The van der Waals surface area contributed by atoms with E-state index in [2.05, 4.69) is 20.9 Å². The standard InChI is InChI=1S/C14H16BrN3O2/c1-9(2)8-18-6-5-17-13(14(18)19)20-12-4-3-10(15)7-11(12)16/h3-7,9H,8,16H2,1-2H3. The van der Waals surface area contributed by atoms with Gasteiger partial charge in [-0.15, -0.1) is 0 Å². The first kappa shape index (κ1) is 14.6. The average molecular weight is 338 g/mol. The minimum Gasteiger partial charge on any atom is -0.432 e. The molecule has 0 bridgehead atoms. The van der Waals surface area contributed by atoms with Gasteiger partial charge in [-0.05, 0) is 24.1 Å². The summed E-state index contributed by atoms with van der Waals surface area (Å²) in [7, 11) is 0. The van der Waals surface area contributed by atoms with Crippen molar-refractivity contribution in [2.24, 2.45) is 5.92 Å². The van der Waals surface area contributed by atoms with Gasteiger partial charge in [0.2, 0.25) is 0 Å². The van der Waals surface area contributed by atoms with Crippen LogP contribution in [0.25, 0.3) is 0 Å². The summed E-state index contributed by atoms with van der Waals surface area (Å²) in [5.74, 6) is 0.808. The molecular weight excluding hydrogens is 322 g/mol. The van der Waals surface area contributed by atoms with Crippen LogP contribution in [0.1, 0.15) is 13.8 Å². The summed E-state index contributed by atoms with van der Waals surface area (Å²) in [6.07, 6.45) is 3.20. The monoisotopic (exact) mass is 337 g/mol. The third-order valence-corrected chi connectivity index (χ3v) is 3.12. The smallest absolute Gasteiger partial charge is 0.313 e. The molecule has 2 rings (SSSR count). The highest BCUT2D eigenvalue weighted by Gasteiger charge is 2.10. The lowest BCUT2D eigenvalue weighted by atomic mass is 10.2. The summed E-state index contributed by atoms with van der Waals surface area (Å²) in [6.45, 7) is 4.70. The predicted molar refractivity (Wildman–Crippen MR) is 82.0 cm³/mol. The summed E-state index contributed by atoms with van der Waals surface area (Å²) in [4.78, 5) is 16.2.